The minimum atomic E-state index is -2.84. The molecule has 0 aromatic rings. The summed E-state index contributed by atoms with van der Waals surface area (Å²) in [6.07, 6.45) is 10.7. The highest BCUT2D eigenvalue weighted by molar-refractivity contribution is 7.91. The third-order valence-electron chi connectivity index (χ3n) is 5.07. The normalized spacial score (nSPS) is 38.6. The van der Waals surface area contributed by atoms with Gasteiger partial charge in [-0.15, -0.1) is 0 Å². The molecule has 0 bridgehead atoms. The Morgan fingerprint density at radius 1 is 1.00 bits per heavy atom. The zero-order valence-corrected chi connectivity index (χ0v) is 12.5. The van der Waals surface area contributed by atoms with E-state index in [1.54, 1.807) is 0 Å². The van der Waals surface area contributed by atoms with E-state index in [9.17, 15) is 8.42 Å². The Morgan fingerprint density at radius 2 is 1.72 bits per heavy atom. The molecule has 0 aromatic carbocycles. The van der Waals surface area contributed by atoms with Gasteiger partial charge in [-0.2, -0.15) is 0 Å². The van der Waals surface area contributed by atoms with Crippen molar-refractivity contribution in [2.45, 2.75) is 62.7 Å². The lowest BCUT2D eigenvalue weighted by Gasteiger charge is -2.40. The van der Waals surface area contributed by atoms with Gasteiger partial charge in [-0.1, -0.05) is 25.7 Å². The van der Waals surface area contributed by atoms with Gasteiger partial charge in [-0.05, 0) is 44.6 Å². The molecular formula is C14H27NO2S. The summed E-state index contributed by atoms with van der Waals surface area (Å²) in [5, 5.41) is 3.38. The van der Waals surface area contributed by atoms with Gasteiger partial charge in [0.25, 0.3) is 0 Å². The highest BCUT2D eigenvalue weighted by atomic mass is 32.2. The fourth-order valence-electron chi connectivity index (χ4n) is 4.04. The SMILES string of the molecule is CNC1CCCCC1C1CCCC(S(C)(=O)=O)C1. The van der Waals surface area contributed by atoms with Gasteiger partial charge < -0.3 is 5.32 Å². The first-order chi connectivity index (χ1) is 8.52. The number of hydrogen-bond acceptors (Lipinski definition) is 3. The minimum Gasteiger partial charge on any atom is -0.317 e. The highest BCUT2D eigenvalue weighted by Crippen LogP contribution is 2.39. The number of rotatable bonds is 3. The van der Waals surface area contributed by atoms with Crippen molar-refractivity contribution < 1.29 is 8.42 Å². The number of hydrogen-bond donors (Lipinski definition) is 1. The Bertz CT molecular complexity index is 366. The third kappa shape index (κ3) is 3.27. The number of nitrogens with one attached hydrogen (secondary N) is 1. The van der Waals surface area contributed by atoms with Crippen molar-refractivity contribution in [3.05, 3.63) is 0 Å². The van der Waals surface area contributed by atoms with E-state index in [1.807, 2.05) is 0 Å². The van der Waals surface area contributed by atoms with Gasteiger partial charge in [0, 0.05) is 12.3 Å². The summed E-state index contributed by atoms with van der Waals surface area (Å²) in [7, 11) is -0.787. The van der Waals surface area contributed by atoms with E-state index < -0.39 is 9.84 Å². The monoisotopic (exact) mass is 273 g/mol. The topological polar surface area (TPSA) is 46.2 Å². The van der Waals surface area contributed by atoms with Crippen molar-refractivity contribution in [2.75, 3.05) is 13.3 Å². The molecule has 18 heavy (non-hydrogen) atoms. The van der Waals surface area contributed by atoms with Crippen LogP contribution >= 0.6 is 0 Å². The molecule has 3 nitrogen and oxygen atoms in total. The van der Waals surface area contributed by atoms with E-state index in [2.05, 4.69) is 12.4 Å². The van der Waals surface area contributed by atoms with Crippen LogP contribution in [-0.2, 0) is 9.84 Å². The summed E-state index contributed by atoms with van der Waals surface area (Å²) >= 11 is 0. The molecule has 4 unspecified atom stereocenters. The van der Waals surface area contributed by atoms with Crippen LogP contribution in [0.1, 0.15) is 51.4 Å². The van der Waals surface area contributed by atoms with E-state index >= 15 is 0 Å². The van der Waals surface area contributed by atoms with E-state index in [-0.39, 0.29) is 5.25 Å². The molecule has 0 saturated heterocycles. The van der Waals surface area contributed by atoms with Gasteiger partial charge in [0.15, 0.2) is 0 Å². The van der Waals surface area contributed by atoms with E-state index in [4.69, 9.17) is 0 Å². The zero-order chi connectivity index (χ0) is 13.2. The Labute approximate surface area is 112 Å². The first kappa shape index (κ1) is 14.3. The Morgan fingerprint density at radius 3 is 2.39 bits per heavy atom. The average Bonchev–Trinajstić information content (AvgIpc) is 2.38. The minimum absolute atomic E-state index is 0.0734. The number of sulfone groups is 1. The van der Waals surface area contributed by atoms with Gasteiger partial charge in [0.05, 0.1) is 5.25 Å². The van der Waals surface area contributed by atoms with Crippen molar-refractivity contribution in [3.8, 4) is 0 Å². The molecule has 0 radical (unpaired) electrons. The van der Waals surface area contributed by atoms with E-state index in [0.29, 0.717) is 17.9 Å². The molecule has 0 spiro atoms. The Kier molecular flexibility index (Phi) is 4.70. The second-order valence-electron chi connectivity index (χ2n) is 6.22. The molecule has 0 amide bonds. The fraction of sp³-hybridized carbons (Fsp3) is 1.00. The van der Waals surface area contributed by atoms with Crippen molar-refractivity contribution in [1.29, 1.82) is 0 Å². The lowest BCUT2D eigenvalue weighted by atomic mass is 9.71. The molecule has 0 aromatic heterocycles. The summed E-state index contributed by atoms with van der Waals surface area (Å²) in [5.41, 5.74) is 0. The smallest absolute Gasteiger partial charge is 0.150 e. The predicted molar refractivity (Wildman–Crippen MR) is 75.4 cm³/mol. The van der Waals surface area contributed by atoms with Crippen LogP contribution in [0.15, 0.2) is 0 Å². The van der Waals surface area contributed by atoms with Crippen LogP contribution in [0.4, 0.5) is 0 Å². The maximum atomic E-state index is 11.8. The fourth-order valence-corrected chi connectivity index (χ4v) is 5.23. The van der Waals surface area contributed by atoms with Gasteiger partial charge in [0.2, 0.25) is 0 Å². The average molecular weight is 273 g/mol. The van der Waals surface area contributed by atoms with E-state index in [1.165, 1.54) is 38.4 Å². The lowest BCUT2D eigenvalue weighted by molar-refractivity contribution is 0.156. The Hall–Kier alpha value is -0.0900. The molecule has 2 saturated carbocycles. The summed E-state index contributed by atoms with van der Waals surface area (Å²) in [6, 6.07) is 0.613. The second-order valence-corrected chi connectivity index (χ2v) is 8.55. The lowest BCUT2D eigenvalue weighted by Crippen LogP contribution is -2.42. The van der Waals surface area contributed by atoms with Crippen LogP contribution < -0.4 is 5.32 Å². The highest BCUT2D eigenvalue weighted by Gasteiger charge is 2.36. The molecule has 1 N–H and O–H groups in total. The molecule has 0 heterocycles. The van der Waals surface area contributed by atoms with E-state index in [0.717, 1.165) is 19.3 Å². The van der Waals surface area contributed by atoms with Crippen LogP contribution in [0.3, 0.4) is 0 Å². The molecule has 2 aliphatic carbocycles. The van der Waals surface area contributed by atoms with Crippen LogP contribution in [0.2, 0.25) is 0 Å². The second kappa shape index (κ2) is 5.91. The van der Waals surface area contributed by atoms with Gasteiger partial charge in [-0.3, -0.25) is 0 Å². The van der Waals surface area contributed by atoms with Crippen LogP contribution in [0, 0.1) is 11.8 Å². The molecule has 2 fully saturated rings. The summed E-state index contributed by atoms with van der Waals surface area (Å²) in [5.74, 6) is 1.32. The molecule has 4 heteroatoms. The van der Waals surface area contributed by atoms with Crippen molar-refractivity contribution in [2.24, 2.45) is 11.8 Å². The molecular weight excluding hydrogens is 246 g/mol. The van der Waals surface area contributed by atoms with Gasteiger partial charge in [-0.25, -0.2) is 8.42 Å². The van der Waals surface area contributed by atoms with Crippen molar-refractivity contribution >= 4 is 9.84 Å². The van der Waals surface area contributed by atoms with Gasteiger partial charge >= 0.3 is 0 Å². The maximum Gasteiger partial charge on any atom is 0.150 e. The summed E-state index contributed by atoms with van der Waals surface area (Å²) in [6.45, 7) is 0. The molecule has 106 valence electrons. The quantitative estimate of drug-likeness (QED) is 0.858. The first-order valence-electron chi connectivity index (χ1n) is 7.38. The molecule has 2 rings (SSSR count). The van der Waals surface area contributed by atoms with Crippen molar-refractivity contribution in [1.82, 2.24) is 5.32 Å². The third-order valence-corrected chi connectivity index (χ3v) is 6.71. The predicted octanol–water partition coefficient (Wildman–Crippen LogP) is 2.37. The molecule has 2 aliphatic rings. The van der Waals surface area contributed by atoms with Crippen molar-refractivity contribution in [3.63, 3.8) is 0 Å². The molecule has 0 aliphatic heterocycles. The maximum absolute atomic E-state index is 11.8. The zero-order valence-electron chi connectivity index (χ0n) is 11.7. The first-order valence-corrected chi connectivity index (χ1v) is 9.34. The largest absolute Gasteiger partial charge is 0.317 e. The summed E-state index contributed by atoms with van der Waals surface area (Å²) in [4.78, 5) is 0. The van der Waals surface area contributed by atoms with Crippen LogP contribution in [0.25, 0.3) is 0 Å². The Balaban J connectivity index is 2.03. The van der Waals surface area contributed by atoms with Gasteiger partial charge in [0.1, 0.15) is 9.84 Å². The molecule has 4 atom stereocenters. The van der Waals surface area contributed by atoms with Crippen LogP contribution in [0.5, 0.6) is 0 Å². The summed E-state index contributed by atoms with van der Waals surface area (Å²) < 4.78 is 23.5. The standard InChI is InChI=1S/C14H27NO2S/c1-15-14-9-4-3-8-13(14)11-6-5-7-12(10-11)18(2,16)17/h11-15H,3-10H2,1-2H3. The van der Waals surface area contributed by atoms with Crippen LogP contribution in [-0.4, -0.2) is 33.0 Å².